The van der Waals surface area contributed by atoms with Crippen molar-refractivity contribution in [3.05, 3.63) is 47.3 Å². The molecule has 1 fully saturated rings. The van der Waals surface area contributed by atoms with E-state index < -0.39 is 33.5 Å². The topological polar surface area (TPSA) is 66.5 Å². The van der Waals surface area contributed by atoms with E-state index in [2.05, 4.69) is 5.32 Å². The highest BCUT2D eigenvalue weighted by atomic mass is 32.2. The van der Waals surface area contributed by atoms with Gasteiger partial charge < -0.3 is 5.32 Å². The summed E-state index contributed by atoms with van der Waals surface area (Å²) in [4.78, 5) is 12.4. The predicted molar refractivity (Wildman–Crippen MR) is 90.8 cm³/mol. The van der Waals surface area contributed by atoms with Crippen molar-refractivity contribution >= 4 is 33.0 Å². The number of halogens is 2. The molecule has 0 saturated carbocycles. The second-order valence-corrected chi connectivity index (χ2v) is 8.89. The van der Waals surface area contributed by atoms with Gasteiger partial charge in [0.2, 0.25) is 5.91 Å². The van der Waals surface area contributed by atoms with E-state index in [4.69, 9.17) is 0 Å². The van der Waals surface area contributed by atoms with Gasteiger partial charge in [0.05, 0.1) is 5.92 Å². The van der Waals surface area contributed by atoms with Crippen molar-refractivity contribution in [2.45, 2.75) is 17.1 Å². The van der Waals surface area contributed by atoms with Crippen molar-refractivity contribution in [1.82, 2.24) is 4.31 Å². The van der Waals surface area contributed by atoms with Crippen LogP contribution in [0.4, 0.5) is 14.5 Å². The van der Waals surface area contributed by atoms with Crippen LogP contribution >= 0.6 is 11.3 Å². The lowest BCUT2D eigenvalue weighted by atomic mass is 9.98. The van der Waals surface area contributed by atoms with Crippen molar-refractivity contribution < 1.29 is 22.0 Å². The van der Waals surface area contributed by atoms with E-state index in [-0.39, 0.29) is 16.4 Å². The number of carbonyl (C=O) groups is 1. The van der Waals surface area contributed by atoms with Crippen LogP contribution in [0.2, 0.25) is 0 Å². The molecular formula is C16H16F2N2O3S2. The molecule has 1 unspecified atom stereocenters. The van der Waals surface area contributed by atoms with Crippen LogP contribution in [-0.2, 0) is 14.8 Å². The summed E-state index contributed by atoms with van der Waals surface area (Å²) < 4.78 is 53.1. The minimum absolute atomic E-state index is 0.0146. The molecule has 5 nitrogen and oxygen atoms in total. The minimum atomic E-state index is -3.62. The van der Waals surface area contributed by atoms with Gasteiger partial charge in [0.15, 0.2) is 0 Å². The molecule has 0 spiro atoms. The van der Waals surface area contributed by atoms with Gasteiger partial charge in [-0.1, -0.05) is 6.07 Å². The molecule has 1 aromatic heterocycles. The van der Waals surface area contributed by atoms with E-state index in [1.807, 2.05) is 0 Å². The minimum Gasteiger partial charge on any atom is -0.326 e. The molecule has 134 valence electrons. The van der Waals surface area contributed by atoms with E-state index in [1.165, 1.54) is 10.4 Å². The van der Waals surface area contributed by atoms with E-state index >= 15 is 0 Å². The van der Waals surface area contributed by atoms with Crippen LogP contribution in [-0.4, -0.2) is 31.7 Å². The van der Waals surface area contributed by atoms with Gasteiger partial charge in [-0.15, -0.1) is 11.3 Å². The molecular weight excluding hydrogens is 370 g/mol. The molecule has 0 bridgehead atoms. The third-order valence-electron chi connectivity index (χ3n) is 3.97. The van der Waals surface area contributed by atoms with Gasteiger partial charge in [0.1, 0.15) is 15.8 Å². The number of anilines is 1. The standard InChI is InChI=1S/C16H16F2N2O3S2/c17-12-7-13(18)9-14(8-12)19-16(21)11-3-1-5-20(10-11)25(22,23)15-4-2-6-24-15/h2,4,6-9,11H,1,3,5,10H2,(H,19,21). The normalized spacial score (nSPS) is 18.9. The van der Waals surface area contributed by atoms with Gasteiger partial charge in [-0.3, -0.25) is 4.79 Å². The Morgan fingerprint density at radius 2 is 1.96 bits per heavy atom. The Hall–Kier alpha value is -1.84. The van der Waals surface area contributed by atoms with Crippen LogP contribution in [0.3, 0.4) is 0 Å². The van der Waals surface area contributed by atoms with Crippen LogP contribution in [0.15, 0.2) is 39.9 Å². The molecule has 1 aliphatic heterocycles. The first kappa shape index (κ1) is 18.0. The third-order valence-corrected chi connectivity index (χ3v) is 7.21. The molecule has 1 aliphatic rings. The molecule has 1 aromatic carbocycles. The Labute approximate surface area is 148 Å². The van der Waals surface area contributed by atoms with Gasteiger partial charge >= 0.3 is 0 Å². The number of hydrogen-bond acceptors (Lipinski definition) is 4. The zero-order valence-electron chi connectivity index (χ0n) is 13.1. The van der Waals surface area contributed by atoms with Crippen molar-refractivity contribution in [2.75, 3.05) is 18.4 Å². The first-order chi connectivity index (χ1) is 11.9. The monoisotopic (exact) mass is 386 g/mol. The maximum atomic E-state index is 13.2. The molecule has 3 rings (SSSR count). The highest BCUT2D eigenvalue weighted by molar-refractivity contribution is 7.91. The summed E-state index contributed by atoms with van der Waals surface area (Å²) >= 11 is 1.13. The highest BCUT2D eigenvalue weighted by Crippen LogP contribution is 2.27. The Morgan fingerprint density at radius 3 is 2.60 bits per heavy atom. The summed E-state index contributed by atoms with van der Waals surface area (Å²) in [6.45, 7) is 0.391. The molecule has 1 amide bonds. The Balaban J connectivity index is 1.71. The summed E-state index contributed by atoms with van der Waals surface area (Å²) in [6.07, 6.45) is 1.06. The Morgan fingerprint density at radius 1 is 1.24 bits per heavy atom. The van der Waals surface area contributed by atoms with Gasteiger partial charge in [0, 0.05) is 24.8 Å². The number of nitrogens with zero attached hydrogens (tertiary/aromatic N) is 1. The van der Waals surface area contributed by atoms with Crippen LogP contribution < -0.4 is 5.32 Å². The van der Waals surface area contributed by atoms with Gasteiger partial charge in [-0.05, 0) is 36.4 Å². The van der Waals surface area contributed by atoms with Gasteiger partial charge in [0.25, 0.3) is 10.0 Å². The van der Waals surface area contributed by atoms with Gasteiger partial charge in [-0.2, -0.15) is 4.31 Å². The fourth-order valence-corrected chi connectivity index (χ4v) is 5.45. The summed E-state index contributed by atoms with van der Waals surface area (Å²) in [5, 5.41) is 4.14. The average molecular weight is 386 g/mol. The summed E-state index contributed by atoms with van der Waals surface area (Å²) in [5.41, 5.74) is 0.0146. The number of piperidine rings is 1. The fourth-order valence-electron chi connectivity index (χ4n) is 2.78. The maximum Gasteiger partial charge on any atom is 0.252 e. The number of carbonyl (C=O) groups excluding carboxylic acids is 1. The molecule has 25 heavy (non-hydrogen) atoms. The van der Waals surface area contributed by atoms with Crippen LogP contribution in [0.1, 0.15) is 12.8 Å². The first-order valence-corrected chi connectivity index (χ1v) is 9.99. The summed E-state index contributed by atoms with van der Waals surface area (Å²) in [6, 6.07) is 5.93. The quantitative estimate of drug-likeness (QED) is 0.878. The van der Waals surface area contributed by atoms with E-state index in [1.54, 1.807) is 11.4 Å². The van der Waals surface area contributed by atoms with Crippen molar-refractivity contribution in [3.63, 3.8) is 0 Å². The zero-order valence-corrected chi connectivity index (χ0v) is 14.7. The van der Waals surface area contributed by atoms with E-state index in [0.29, 0.717) is 25.5 Å². The number of hydrogen-bond donors (Lipinski definition) is 1. The molecule has 1 atom stereocenters. The van der Waals surface area contributed by atoms with E-state index in [9.17, 15) is 22.0 Å². The molecule has 2 aromatic rings. The molecule has 2 heterocycles. The summed E-state index contributed by atoms with van der Waals surface area (Å²) in [5.74, 6) is -2.60. The predicted octanol–water partition coefficient (Wildman–Crippen LogP) is 3.07. The van der Waals surface area contributed by atoms with Gasteiger partial charge in [-0.25, -0.2) is 17.2 Å². The third kappa shape index (κ3) is 4.05. The van der Waals surface area contributed by atoms with Crippen LogP contribution in [0.5, 0.6) is 0 Å². The molecule has 0 radical (unpaired) electrons. The Kier molecular flexibility index (Phi) is 5.16. The number of amides is 1. The molecule has 1 saturated heterocycles. The van der Waals surface area contributed by atoms with Crippen LogP contribution in [0, 0.1) is 17.6 Å². The second kappa shape index (κ2) is 7.19. The first-order valence-electron chi connectivity index (χ1n) is 7.67. The van der Waals surface area contributed by atoms with Crippen molar-refractivity contribution in [3.8, 4) is 0 Å². The lowest BCUT2D eigenvalue weighted by Gasteiger charge is -2.30. The number of thiophene rings is 1. The lowest BCUT2D eigenvalue weighted by molar-refractivity contribution is -0.120. The zero-order chi connectivity index (χ0) is 18.0. The number of nitrogens with one attached hydrogen (secondary N) is 1. The van der Waals surface area contributed by atoms with E-state index in [0.717, 1.165) is 23.5 Å². The van der Waals surface area contributed by atoms with Crippen molar-refractivity contribution in [1.29, 1.82) is 0 Å². The SMILES string of the molecule is O=C(Nc1cc(F)cc(F)c1)C1CCCN(S(=O)(=O)c2cccs2)C1. The second-order valence-electron chi connectivity index (χ2n) is 5.78. The molecule has 1 N–H and O–H groups in total. The van der Waals surface area contributed by atoms with Crippen molar-refractivity contribution in [2.24, 2.45) is 5.92 Å². The average Bonchev–Trinajstić information content (AvgIpc) is 3.09. The Bertz CT molecular complexity index is 849. The lowest BCUT2D eigenvalue weighted by Crippen LogP contribution is -2.43. The largest absolute Gasteiger partial charge is 0.326 e. The summed E-state index contributed by atoms with van der Waals surface area (Å²) in [7, 11) is -3.62. The molecule has 0 aliphatic carbocycles. The number of sulfonamides is 1. The fraction of sp³-hybridized carbons (Fsp3) is 0.312. The number of benzene rings is 1. The smallest absolute Gasteiger partial charge is 0.252 e. The molecule has 9 heteroatoms. The van der Waals surface area contributed by atoms with Crippen LogP contribution in [0.25, 0.3) is 0 Å². The highest BCUT2D eigenvalue weighted by Gasteiger charge is 2.33. The maximum absolute atomic E-state index is 13.2. The number of rotatable bonds is 4.